The van der Waals surface area contributed by atoms with Gasteiger partial charge in [-0.15, -0.1) is 10.2 Å². The molecule has 0 aliphatic heterocycles. The van der Waals surface area contributed by atoms with E-state index in [1.165, 1.54) is 16.8 Å². The molecule has 0 aromatic carbocycles. The van der Waals surface area contributed by atoms with E-state index < -0.39 is 0 Å². The highest BCUT2D eigenvalue weighted by atomic mass is 32.1. The van der Waals surface area contributed by atoms with Crippen molar-refractivity contribution in [1.29, 1.82) is 0 Å². The van der Waals surface area contributed by atoms with E-state index in [0.717, 1.165) is 12.8 Å². The Morgan fingerprint density at radius 1 is 1.75 bits per heavy atom. The number of nitrogens with zero attached hydrogens (tertiary/aromatic N) is 2. The van der Waals surface area contributed by atoms with Crippen LogP contribution < -0.4 is 0 Å². The molecular formula is C7H10N2O2S. The maximum absolute atomic E-state index is 11.1. The minimum Gasteiger partial charge on any atom is -0.460 e. The molecule has 1 aromatic rings. The van der Waals surface area contributed by atoms with Crippen LogP contribution in [0.15, 0.2) is 5.51 Å². The van der Waals surface area contributed by atoms with Gasteiger partial charge in [0.1, 0.15) is 5.51 Å². The molecule has 12 heavy (non-hydrogen) atoms. The summed E-state index contributed by atoms with van der Waals surface area (Å²) in [7, 11) is 0. The summed E-state index contributed by atoms with van der Waals surface area (Å²) in [5.74, 6) is -0.369. The smallest absolute Gasteiger partial charge is 0.369 e. The molecule has 0 aliphatic carbocycles. The van der Waals surface area contributed by atoms with Crippen LogP contribution in [-0.4, -0.2) is 22.8 Å². The molecule has 4 nitrogen and oxygen atoms in total. The number of esters is 1. The van der Waals surface area contributed by atoms with Crippen molar-refractivity contribution < 1.29 is 9.53 Å². The molecule has 1 rings (SSSR count). The second kappa shape index (κ2) is 4.82. The zero-order chi connectivity index (χ0) is 8.81. The Morgan fingerprint density at radius 3 is 3.17 bits per heavy atom. The number of carbonyl (C=O) groups is 1. The van der Waals surface area contributed by atoms with Crippen LogP contribution in [0.4, 0.5) is 0 Å². The SMILES string of the molecule is CCCCOC(=O)c1nncs1. The Hall–Kier alpha value is -0.970. The van der Waals surface area contributed by atoms with Crippen LogP contribution >= 0.6 is 11.3 Å². The van der Waals surface area contributed by atoms with Gasteiger partial charge in [-0.1, -0.05) is 24.7 Å². The highest BCUT2D eigenvalue weighted by molar-refractivity contribution is 7.11. The van der Waals surface area contributed by atoms with Crippen molar-refractivity contribution in [2.75, 3.05) is 6.61 Å². The largest absolute Gasteiger partial charge is 0.460 e. The second-order valence-corrected chi connectivity index (χ2v) is 3.07. The van der Waals surface area contributed by atoms with Crippen LogP contribution in [0.5, 0.6) is 0 Å². The lowest BCUT2D eigenvalue weighted by Crippen LogP contribution is -2.05. The Balaban J connectivity index is 2.30. The quantitative estimate of drug-likeness (QED) is 0.528. The first-order chi connectivity index (χ1) is 5.84. The zero-order valence-corrected chi connectivity index (χ0v) is 7.63. The number of rotatable bonds is 4. The monoisotopic (exact) mass is 186 g/mol. The Kier molecular flexibility index (Phi) is 3.66. The van der Waals surface area contributed by atoms with Gasteiger partial charge in [-0.25, -0.2) is 4.79 Å². The van der Waals surface area contributed by atoms with E-state index in [9.17, 15) is 4.79 Å². The highest BCUT2D eigenvalue weighted by Gasteiger charge is 2.09. The summed E-state index contributed by atoms with van der Waals surface area (Å²) in [6.45, 7) is 2.51. The van der Waals surface area contributed by atoms with Crippen molar-refractivity contribution >= 4 is 17.3 Å². The lowest BCUT2D eigenvalue weighted by Gasteiger charge is -1.98. The van der Waals surface area contributed by atoms with Crippen molar-refractivity contribution in [3.05, 3.63) is 10.5 Å². The van der Waals surface area contributed by atoms with Gasteiger partial charge in [0.25, 0.3) is 0 Å². The van der Waals surface area contributed by atoms with E-state index in [4.69, 9.17) is 4.74 Å². The fourth-order valence-corrected chi connectivity index (χ4v) is 1.08. The third kappa shape index (κ3) is 2.58. The third-order valence-electron chi connectivity index (χ3n) is 1.27. The van der Waals surface area contributed by atoms with E-state index in [0.29, 0.717) is 11.6 Å². The molecule has 5 heteroatoms. The van der Waals surface area contributed by atoms with Gasteiger partial charge < -0.3 is 4.74 Å². The molecule has 0 radical (unpaired) electrons. The first kappa shape index (κ1) is 9.12. The number of carbonyl (C=O) groups excluding carboxylic acids is 1. The number of hydrogen-bond acceptors (Lipinski definition) is 5. The van der Waals surface area contributed by atoms with Crippen LogP contribution in [0.3, 0.4) is 0 Å². The van der Waals surface area contributed by atoms with Crippen molar-refractivity contribution in [1.82, 2.24) is 10.2 Å². The number of aromatic nitrogens is 2. The molecule has 0 fully saturated rings. The summed E-state index contributed by atoms with van der Waals surface area (Å²) in [5, 5.41) is 7.45. The Bertz CT molecular complexity index is 236. The fourth-order valence-electron chi connectivity index (χ4n) is 0.633. The predicted octanol–water partition coefficient (Wildman–Crippen LogP) is 1.50. The fraction of sp³-hybridized carbons (Fsp3) is 0.571. The molecule has 0 atom stereocenters. The Labute approximate surface area is 74.6 Å². The normalized spacial score (nSPS) is 9.75. The van der Waals surface area contributed by atoms with Gasteiger partial charge in [0.2, 0.25) is 5.01 Å². The molecular weight excluding hydrogens is 176 g/mol. The minimum atomic E-state index is -0.369. The van der Waals surface area contributed by atoms with Crippen molar-refractivity contribution in [3.63, 3.8) is 0 Å². The molecule has 1 heterocycles. The van der Waals surface area contributed by atoms with Crippen molar-refractivity contribution in [2.45, 2.75) is 19.8 Å². The predicted molar refractivity (Wildman–Crippen MR) is 45.1 cm³/mol. The van der Waals surface area contributed by atoms with Crippen molar-refractivity contribution in [2.24, 2.45) is 0 Å². The molecule has 0 bridgehead atoms. The lowest BCUT2D eigenvalue weighted by atomic mass is 10.4. The summed E-state index contributed by atoms with van der Waals surface area (Å²) >= 11 is 1.19. The molecule has 0 aliphatic rings. The van der Waals surface area contributed by atoms with Crippen LogP contribution in [0, 0.1) is 0 Å². The van der Waals surface area contributed by atoms with E-state index >= 15 is 0 Å². The summed E-state index contributed by atoms with van der Waals surface area (Å²) in [5.41, 5.74) is 1.51. The molecule has 66 valence electrons. The molecule has 0 saturated heterocycles. The van der Waals surface area contributed by atoms with E-state index in [1.807, 2.05) is 6.92 Å². The minimum absolute atomic E-state index is 0.325. The molecule has 0 amide bonds. The molecule has 1 aromatic heterocycles. The first-order valence-corrected chi connectivity index (χ1v) is 4.66. The summed E-state index contributed by atoms with van der Waals surface area (Å²) in [6, 6.07) is 0. The van der Waals surface area contributed by atoms with Crippen LogP contribution in [0.25, 0.3) is 0 Å². The summed E-state index contributed by atoms with van der Waals surface area (Å²) < 4.78 is 4.90. The second-order valence-electron chi connectivity index (χ2n) is 2.23. The van der Waals surface area contributed by atoms with Gasteiger partial charge in [-0.05, 0) is 6.42 Å². The van der Waals surface area contributed by atoms with Crippen molar-refractivity contribution in [3.8, 4) is 0 Å². The summed E-state index contributed by atoms with van der Waals surface area (Å²) in [6.07, 6.45) is 1.91. The maximum Gasteiger partial charge on any atom is 0.369 e. The first-order valence-electron chi connectivity index (χ1n) is 3.78. The van der Waals surface area contributed by atoms with E-state index in [1.54, 1.807) is 0 Å². The Morgan fingerprint density at radius 2 is 2.58 bits per heavy atom. The van der Waals surface area contributed by atoms with Crippen LogP contribution in [-0.2, 0) is 4.74 Å². The van der Waals surface area contributed by atoms with Gasteiger partial charge in [-0.2, -0.15) is 0 Å². The third-order valence-corrected chi connectivity index (χ3v) is 1.94. The van der Waals surface area contributed by atoms with E-state index in [-0.39, 0.29) is 5.97 Å². The van der Waals surface area contributed by atoms with Gasteiger partial charge in [0, 0.05) is 0 Å². The van der Waals surface area contributed by atoms with Gasteiger partial charge >= 0.3 is 5.97 Å². The average molecular weight is 186 g/mol. The lowest BCUT2D eigenvalue weighted by molar-refractivity contribution is 0.0498. The molecule has 0 saturated carbocycles. The maximum atomic E-state index is 11.1. The van der Waals surface area contributed by atoms with E-state index in [2.05, 4.69) is 10.2 Å². The standard InChI is InChI=1S/C7H10N2O2S/c1-2-3-4-11-7(10)6-9-8-5-12-6/h5H,2-4H2,1H3. The molecule has 0 spiro atoms. The van der Waals surface area contributed by atoms with Crippen LogP contribution in [0.2, 0.25) is 0 Å². The number of hydrogen-bond donors (Lipinski definition) is 0. The highest BCUT2D eigenvalue weighted by Crippen LogP contribution is 2.03. The molecule has 0 unspecified atom stereocenters. The number of unbranched alkanes of at least 4 members (excludes halogenated alkanes) is 1. The number of ether oxygens (including phenoxy) is 1. The van der Waals surface area contributed by atoms with Gasteiger partial charge in [-0.3, -0.25) is 0 Å². The molecule has 0 N–H and O–H groups in total. The topological polar surface area (TPSA) is 52.1 Å². The van der Waals surface area contributed by atoms with Gasteiger partial charge in [0.05, 0.1) is 6.61 Å². The van der Waals surface area contributed by atoms with Gasteiger partial charge in [0.15, 0.2) is 0 Å². The average Bonchev–Trinajstić information content (AvgIpc) is 2.56. The summed E-state index contributed by atoms with van der Waals surface area (Å²) in [4.78, 5) is 11.1. The zero-order valence-electron chi connectivity index (χ0n) is 6.82. The van der Waals surface area contributed by atoms with Crippen LogP contribution in [0.1, 0.15) is 29.6 Å².